The van der Waals surface area contributed by atoms with Crippen LogP contribution >= 0.6 is 0 Å². The number of likely N-dealkylation sites (N-methyl/N-ethyl adjacent to an activating group) is 1. The summed E-state index contributed by atoms with van der Waals surface area (Å²) in [6.45, 7) is 0.976. The molecule has 30 heavy (non-hydrogen) atoms. The minimum absolute atomic E-state index is 0.0584. The van der Waals surface area contributed by atoms with E-state index in [-0.39, 0.29) is 37.4 Å². The fourth-order valence-electron chi connectivity index (χ4n) is 4.11. The zero-order chi connectivity index (χ0) is 21.3. The number of carbonyl (C=O) groups is 2. The number of anilines is 1. The average molecular weight is 424 g/mol. The number of alkyl halides is 2. The van der Waals surface area contributed by atoms with Crippen molar-refractivity contribution < 1.29 is 32.6 Å². The summed E-state index contributed by atoms with van der Waals surface area (Å²) in [6, 6.07) is 3.01. The van der Waals surface area contributed by atoms with Crippen molar-refractivity contribution in [2.24, 2.45) is 0 Å². The Morgan fingerprint density at radius 3 is 2.67 bits per heavy atom. The van der Waals surface area contributed by atoms with Gasteiger partial charge in [0, 0.05) is 26.3 Å². The number of fused-ring (bicyclic) bond motifs is 1. The summed E-state index contributed by atoms with van der Waals surface area (Å²) in [5.74, 6) is -1.99. The van der Waals surface area contributed by atoms with Gasteiger partial charge in [-0.1, -0.05) is 0 Å². The monoisotopic (exact) mass is 424 g/mol. The minimum Gasteiger partial charge on any atom is -0.486 e. The number of nitrogens with one attached hydrogen (secondary N) is 1. The Morgan fingerprint density at radius 2 is 1.97 bits per heavy atom. The Bertz CT molecular complexity index is 822. The van der Waals surface area contributed by atoms with E-state index in [1.165, 1.54) is 4.90 Å². The highest BCUT2D eigenvalue weighted by Gasteiger charge is 2.36. The maximum Gasteiger partial charge on any atom is 0.248 e. The molecule has 0 spiro atoms. The van der Waals surface area contributed by atoms with Gasteiger partial charge in [0.1, 0.15) is 19.3 Å². The lowest BCUT2D eigenvalue weighted by Gasteiger charge is -2.28. The molecule has 0 radical (unpaired) electrons. The van der Waals surface area contributed by atoms with Crippen LogP contribution in [0.1, 0.15) is 44.1 Å². The van der Waals surface area contributed by atoms with Gasteiger partial charge in [0.25, 0.3) is 0 Å². The molecule has 4 rings (SSSR count). The number of rotatable bonds is 5. The van der Waals surface area contributed by atoms with Crippen molar-refractivity contribution in [3.05, 3.63) is 17.7 Å². The van der Waals surface area contributed by atoms with E-state index in [0.717, 1.165) is 5.56 Å². The number of amides is 2. The Labute approximate surface area is 173 Å². The second kappa shape index (κ2) is 8.37. The Hall–Kier alpha value is -2.42. The molecule has 1 aromatic rings. The number of halogens is 2. The Balaban J connectivity index is 1.46. The number of likely N-dealkylation sites (tertiary alicyclic amines) is 1. The summed E-state index contributed by atoms with van der Waals surface area (Å²) in [6.07, 6.45) is 0.929. The van der Waals surface area contributed by atoms with E-state index in [4.69, 9.17) is 14.2 Å². The second-order valence-electron chi connectivity index (χ2n) is 8.08. The lowest BCUT2D eigenvalue weighted by atomic mass is 9.94. The molecule has 0 bridgehead atoms. The van der Waals surface area contributed by atoms with Crippen molar-refractivity contribution in [2.75, 3.05) is 25.6 Å². The van der Waals surface area contributed by atoms with Gasteiger partial charge in [-0.05, 0) is 37.0 Å². The Kier molecular flexibility index (Phi) is 5.81. The molecular weight excluding hydrogens is 398 g/mol. The summed E-state index contributed by atoms with van der Waals surface area (Å²) in [7, 11) is 1.62. The summed E-state index contributed by atoms with van der Waals surface area (Å²) >= 11 is 0. The molecule has 0 aromatic heterocycles. The van der Waals surface area contributed by atoms with Crippen molar-refractivity contribution >= 4 is 17.5 Å². The highest BCUT2D eigenvalue weighted by atomic mass is 19.3. The van der Waals surface area contributed by atoms with Gasteiger partial charge in [-0.25, -0.2) is 8.78 Å². The smallest absolute Gasteiger partial charge is 0.248 e. The van der Waals surface area contributed by atoms with Crippen molar-refractivity contribution in [1.29, 1.82) is 0 Å². The number of hydrogen-bond acceptors (Lipinski definition) is 5. The first-order chi connectivity index (χ1) is 14.3. The van der Waals surface area contributed by atoms with Crippen LogP contribution in [0.25, 0.3) is 0 Å². The maximum absolute atomic E-state index is 13.3. The van der Waals surface area contributed by atoms with Gasteiger partial charge in [0.15, 0.2) is 11.5 Å². The molecule has 7 nitrogen and oxygen atoms in total. The lowest BCUT2D eigenvalue weighted by Crippen LogP contribution is -2.39. The minimum atomic E-state index is -2.59. The molecule has 3 aliphatic rings. The average Bonchev–Trinajstić information content (AvgIpc) is 3.06. The van der Waals surface area contributed by atoms with Gasteiger partial charge >= 0.3 is 0 Å². The molecule has 1 atom stereocenters. The second-order valence-corrected chi connectivity index (χ2v) is 8.08. The van der Waals surface area contributed by atoms with Gasteiger partial charge in [-0.2, -0.15) is 0 Å². The highest BCUT2D eigenvalue weighted by molar-refractivity contribution is 6.00. The van der Waals surface area contributed by atoms with Crippen molar-refractivity contribution in [3.8, 4) is 11.5 Å². The van der Waals surface area contributed by atoms with Crippen LogP contribution in [0.5, 0.6) is 11.5 Å². The van der Waals surface area contributed by atoms with E-state index in [1.807, 2.05) is 0 Å². The van der Waals surface area contributed by atoms with Crippen LogP contribution in [0.3, 0.4) is 0 Å². The van der Waals surface area contributed by atoms with Gasteiger partial charge in [-0.3, -0.25) is 9.59 Å². The third-order valence-corrected chi connectivity index (χ3v) is 5.90. The zero-order valence-electron chi connectivity index (χ0n) is 16.9. The van der Waals surface area contributed by atoms with Crippen LogP contribution in [-0.4, -0.2) is 55.0 Å². The largest absolute Gasteiger partial charge is 0.486 e. The van der Waals surface area contributed by atoms with Crippen LogP contribution in [0, 0.1) is 0 Å². The van der Waals surface area contributed by atoms with Crippen LogP contribution < -0.4 is 14.8 Å². The van der Waals surface area contributed by atoms with Gasteiger partial charge in [-0.15, -0.1) is 0 Å². The molecule has 1 N–H and O–H groups in total. The molecule has 1 saturated carbocycles. The molecule has 2 heterocycles. The van der Waals surface area contributed by atoms with Crippen molar-refractivity contribution in [2.45, 2.75) is 63.2 Å². The highest BCUT2D eigenvalue weighted by Crippen LogP contribution is 2.40. The molecule has 1 unspecified atom stereocenters. The first-order valence-corrected chi connectivity index (χ1v) is 10.3. The summed E-state index contributed by atoms with van der Waals surface area (Å²) in [4.78, 5) is 25.9. The number of hydrogen-bond donors (Lipinski definition) is 1. The molecule has 164 valence electrons. The predicted molar refractivity (Wildman–Crippen MR) is 104 cm³/mol. The fourth-order valence-corrected chi connectivity index (χ4v) is 4.11. The zero-order valence-corrected chi connectivity index (χ0v) is 16.9. The third-order valence-electron chi connectivity index (χ3n) is 5.90. The maximum atomic E-state index is 13.3. The number of carbonyl (C=O) groups excluding carboxylic acids is 2. The first kappa shape index (κ1) is 20.8. The standard InChI is InChI=1S/C21H26F2N2O5/c1-25-16(2-3-18(25)26)20(27)24-15-10-13(11-17-19(15)29-9-8-28-17)12-30-14-4-6-21(22,23)7-5-14/h10-11,14,16H,2-9,12H2,1H3,(H,24,27). The van der Waals surface area contributed by atoms with E-state index in [0.29, 0.717) is 56.1 Å². The van der Waals surface area contributed by atoms with Crippen LogP contribution in [0.15, 0.2) is 12.1 Å². The first-order valence-electron chi connectivity index (χ1n) is 10.3. The van der Waals surface area contributed by atoms with Crippen molar-refractivity contribution in [3.63, 3.8) is 0 Å². The van der Waals surface area contributed by atoms with Gasteiger partial charge in [0.05, 0.1) is 18.4 Å². The molecule has 2 amide bonds. The van der Waals surface area contributed by atoms with E-state index in [1.54, 1.807) is 19.2 Å². The predicted octanol–water partition coefficient (Wildman–Crippen LogP) is 3.11. The summed E-state index contributed by atoms with van der Waals surface area (Å²) in [5, 5.41) is 2.86. The summed E-state index contributed by atoms with van der Waals surface area (Å²) in [5.41, 5.74) is 1.21. The normalized spacial score (nSPS) is 23.5. The molecule has 2 aliphatic heterocycles. The number of ether oxygens (including phenoxy) is 3. The number of benzene rings is 1. The molecule has 1 aliphatic carbocycles. The van der Waals surface area contributed by atoms with Crippen molar-refractivity contribution in [1.82, 2.24) is 4.90 Å². The molecule has 1 saturated heterocycles. The van der Waals surface area contributed by atoms with E-state index in [9.17, 15) is 18.4 Å². The fraction of sp³-hybridized carbons (Fsp3) is 0.619. The number of nitrogens with zero attached hydrogens (tertiary/aromatic N) is 1. The van der Waals surface area contributed by atoms with Crippen LogP contribution in [0.2, 0.25) is 0 Å². The summed E-state index contributed by atoms with van der Waals surface area (Å²) < 4.78 is 43.9. The topological polar surface area (TPSA) is 77.1 Å². The molecule has 2 fully saturated rings. The molecular formula is C21H26F2N2O5. The SMILES string of the molecule is CN1C(=O)CCC1C(=O)Nc1cc(COC2CCC(F)(F)CC2)cc2c1OCCO2. The quantitative estimate of drug-likeness (QED) is 0.786. The van der Waals surface area contributed by atoms with Crippen LogP contribution in [-0.2, 0) is 20.9 Å². The Morgan fingerprint density at radius 1 is 1.23 bits per heavy atom. The van der Waals surface area contributed by atoms with E-state index in [2.05, 4.69) is 5.32 Å². The third kappa shape index (κ3) is 4.50. The molecule has 9 heteroatoms. The van der Waals surface area contributed by atoms with Gasteiger partial charge in [0.2, 0.25) is 17.7 Å². The van der Waals surface area contributed by atoms with E-state index < -0.39 is 12.0 Å². The van der Waals surface area contributed by atoms with E-state index >= 15 is 0 Å². The molecule has 1 aromatic carbocycles. The van der Waals surface area contributed by atoms with Crippen LogP contribution in [0.4, 0.5) is 14.5 Å². The van der Waals surface area contributed by atoms with Gasteiger partial charge < -0.3 is 24.4 Å². The lowest BCUT2D eigenvalue weighted by molar-refractivity contribution is -0.131.